The van der Waals surface area contributed by atoms with E-state index in [2.05, 4.69) is 10.6 Å². The summed E-state index contributed by atoms with van der Waals surface area (Å²) in [5, 5.41) is 5.02. The minimum absolute atomic E-state index is 0.00240. The number of amides is 2. The fourth-order valence-electron chi connectivity index (χ4n) is 2.09. The van der Waals surface area contributed by atoms with E-state index in [1.165, 1.54) is 12.1 Å². The first-order chi connectivity index (χ1) is 12.8. The van der Waals surface area contributed by atoms with Gasteiger partial charge in [-0.25, -0.2) is 0 Å². The van der Waals surface area contributed by atoms with Crippen LogP contribution in [-0.2, 0) is 11.0 Å². The van der Waals surface area contributed by atoms with Gasteiger partial charge in [0.15, 0.2) is 0 Å². The molecule has 0 unspecified atom stereocenters. The van der Waals surface area contributed by atoms with Crippen molar-refractivity contribution in [3.8, 4) is 5.75 Å². The molecule has 9 heteroatoms. The van der Waals surface area contributed by atoms with Gasteiger partial charge in [-0.15, -0.1) is 0 Å². The van der Waals surface area contributed by atoms with Crippen molar-refractivity contribution in [3.63, 3.8) is 0 Å². The van der Waals surface area contributed by atoms with E-state index < -0.39 is 17.6 Å². The number of benzene rings is 2. The van der Waals surface area contributed by atoms with Crippen LogP contribution in [0.4, 0.5) is 13.2 Å². The first-order valence-electron chi connectivity index (χ1n) is 7.87. The molecule has 27 heavy (non-hydrogen) atoms. The highest BCUT2D eigenvalue weighted by Crippen LogP contribution is 2.31. The van der Waals surface area contributed by atoms with Crippen molar-refractivity contribution in [2.75, 3.05) is 19.7 Å². The lowest BCUT2D eigenvalue weighted by Gasteiger charge is -2.11. The fraction of sp³-hybridized carbons (Fsp3) is 0.222. The molecule has 5 nitrogen and oxygen atoms in total. The van der Waals surface area contributed by atoms with Crippen LogP contribution in [0.1, 0.15) is 15.9 Å². The molecule has 0 bridgehead atoms. The maximum Gasteiger partial charge on any atom is 0.416 e. The summed E-state index contributed by atoms with van der Waals surface area (Å²) in [6, 6.07) is 11.4. The van der Waals surface area contributed by atoms with E-state index in [9.17, 15) is 22.8 Å². The minimum Gasteiger partial charge on any atom is -0.492 e. The highest BCUT2D eigenvalue weighted by Gasteiger charge is 2.30. The Kier molecular flexibility index (Phi) is 7.45. The number of carbonyl (C=O) groups is 2. The van der Waals surface area contributed by atoms with Crippen LogP contribution in [0.3, 0.4) is 0 Å². The molecule has 0 aliphatic rings. The summed E-state index contributed by atoms with van der Waals surface area (Å²) in [6.45, 7) is -0.126. The van der Waals surface area contributed by atoms with Gasteiger partial charge in [0.1, 0.15) is 12.4 Å². The molecule has 144 valence electrons. The van der Waals surface area contributed by atoms with E-state index in [1.54, 1.807) is 24.3 Å². The highest BCUT2D eigenvalue weighted by molar-refractivity contribution is 14.1. The molecule has 0 aliphatic carbocycles. The first kappa shape index (κ1) is 21.0. The predicted molar refractivity (Wildman–Crippen MR) is 101 cm³/mol. The molecule has 0 saturated heterocycles. The smallest absolute Gasteiger partial charge is 0.416 e. The number of halogens is 4. The molecule has 0 aromatic heterocycles. The Morgan fingerprint density at radius 2 is 1.78 bits per heavy atom. The second-order valence-corrected chi connectivity index (χ2v) is 6.55. The van der Waals surface area contributed by atoms with Gasteiger partial charge in [0.2, 0.25) is 5.91 Å². The molecule has 0 heterocycles. The summed E-state index contributed by atoms with van der Waals surface area (Å²) in [5.41, 5.74) is -0.332. The third-order valence-electron chi connectivity index (χ3n) is 3.38. The van der Waals surface area contributed by atoms with Crippen molar-refractivity contribution in [1.82, 2.24) is 10.6 Å². The van der Waals surface area contributed by atoms with Crippen LogP contribution in [0, 0.1) is 3.57 Å². The third kappa shape index (κ3) is 6.74. The number of alkyl halides is 3. The second-order valence-electron chi connectivity index (χ2n) is 5.39. The Labute approximate surface area is 167 Å². The van der Waals surface area contributed by atoms with Gasteiger partial charge in [-0.2, -0.15) is 13.2 Å². The molecule has 2 rings (SSSR count). The maximum absolute atomic E-state index is 12.6. The largest absolute Gasteiger partial charge is 0.492 e. The molecule has 2 amide bonds. The summed E-state index contributed by atoms with van der Waals surface area (Å²) in [7, 11) is 0. The quantitative estimate of drug-likeness (QED) is 0.461. The molecular formula is C18H16F3IN2O3. The van der Waals surface area contributed by atoms with Crippen LogP contribution < -0.4 is 15.4 Å². The zero-order chi connectivity index (χ0) is 19.9. The van der Waals surface area contributed by atoms with Gasteiger partial charge in [-0.05, 0) is 52.9 Å². The summed E-state index contributed by atoms with van der Waals surface area (Å²) in [5.74, 6) is -0.733. The van der Waals surface area contributed by atoms with Crippen molar-refractivity contribution in [1.29, 1.82) is 0 Å². The Balaban J connectivity index is 1.71. The van der Waals surface area contributed by atoms with Crippen LogP contribution >= 0.6 is 22.6 Å². The SMILES string of the molecule is O=C(CNC(=O)c1ccccc1I)NCCOc1cccc(C(F)(F)F)c1. The summed E-state index contributed by atoms with van der Waals surface area (Å²) in [6.07, 6.45) is -4.44. The minimum atomic E-state index is -4.44. The normalized spacial score (nSPS) is 11.0. The van der Waals surface area contributed by atoms with Crippen molar-refractivity contribution in [2.45, 2.75) is 6.18 Å². The average Bonchev–Trinajstić information content (AvgIpc) is 2.63. The van der Waals surface area contributed by atoms with Gasteiger partial charge in [0.25, 0.3) is 5.91 Å². The molecule has 2 aromatic carbocycles. The van der Waals surface area contributed by atoms with Gasteiger partial charge in [-0.3, -0.25) is 9.59 Å². The maximum atomic E-state index is 12.6. The topological polar surface area (TPSA) is 67.4 Å². The van der Waals surface area contributed by atoms with E-state index in [-0.39, 0.29) is 31.4 Å². The zero-order valence-corrected chi connectivity index (χ0v) is 16.1. The van der Waals surface area contributed by atoms with Crippen LogP contribution in [0.2, 0.25) is 0 Å². The molecule has 0 fully saturated rings. The van der Waals surface area contributed by atoms with Gasteiger partial charge < -0.3 is 15.4 Å². The zero-order valence-electron chi connectivity index (χ0n) is 14.0. The Morgan fingerprint density at radius 3 is 2.48 bits per heavy atom. The van der Waals surface area contributed by atoms with Gasteiger partial charge >= 0.3 is 6.18 Å². The molecule has 0 aliphatic heterocycles. The highest BCUT2D eigenvalue weighted by atomic mass is 127. The lowest BCUT2D eigenvalue weighted by atomic mass is 10.2. The molecule has 0 saturated carbocycles. The number of ether oxygens (including phenoxy) is 1. The van der Waals surface area contributed by atoms with E-state index in [0.717, 1.165) is 15.7 Å². The molecule has 0 spiro atoms. The Hall–Kier alpha value is -2.30. The van der Waals surface area contributed by atoms with Crippen LogP contribution in [0.5, 0.6) is 5.75 Å². The summed E-state index contributed by atoms with van der Waals surface area (Å²) < 4.78 is 43.8. The van der Waals surface area contributed by atoms with E-state index in [4.69, 9.17) is 4.74 Å². The fourth-order valence-corrected chi connectivity index (χ4v) is 2.72. The Bertz CT molecular complexity index is 812. The molecular weight excluding hydrogens is 476 g/mol. The van der Waals surface area contributed by atoms with E-state index in [1.807, 2.05) is 22.6 Å². The standard InChI is InChI=1S/C18H16F3IN2O3/c19-18(20,21)12-4-3-5-13(10-12)27-9-8-23-16(25)11-24-17(26)14-6-1-2-7-15(14)22/h1-7,10H,8-9,11H2,(H,23,25)(H,24,26). The monoisotopic (exact) mass is 492 g/mol. The van der Waals surface area contributed by atoms with Crippen molar-refractivity contribution in [3.05, 3.63) is 63.2 Å². The number of nitrogens with one attached hydrogen (secondary N) is 2. The molecule has 2 aromatic rings. The predicted octanol–water partition coefficient (Wildman–Crippen LogP) is 3.24. The van der Waals surface area contributed by atoms with Gasteiger partial charge in [0, 0.05) is 3.57 Å². The summed E-state index contributed by atoms with van der Waals surface area (Å²) >= 11 is 2.02. The van der Waals surface area contributed by atoms with Crippen molar-refractivity contribution < 1.29 is 27.5 Å². The molecule has 2 N–H and O–H groups in total. The van der Waals surface area contributed by atoms with Gasteiger partial charge in [0.05, 0.1) is 24.2 Å². The molecule has 0 radical (unpaired) electrons. The molecule has 0 atom stereocenters. The van der Waals surface area contributed by atoms with Crippen LogP contribution in [0.25, 0.3) is 0 Å². The van der Waals surface area contributed by atoms with Crippen LogP contribution in [0.15, 0.2) is 48.5 Å². The lowest BCUT2D eigenvalue weighted by molar-refractivity contribution is -0.137. The third-order valence-corrected chi connectivity index (χ3v) is 4.32. The van der Waals surface area contributed by atoms with E-state index in [0.29, 0.717) is 5.56 Å². The van der Waals surface area contributed by atoms with Gasteiger partial charge in [-0.1, -0.05) is 18.2 Å². The van der Waals surface area contributed by atoms with E-state index >= 15 is 0 Å². The first-order valence-corrected chi connectivity index (χ1v) is 8.95. The Morgan fingerprint density at radius 1 is 1.04 bits per heavy atom. The average molecular weight is 492 g/mol. The second kappa shape index (κ2) is 9.58. The number of carbonyl (C=O) groups excluding carboxylic acids is 2. The van der Waals surface area contributed by atoms with Crippen LogP contribution in [-0.4, -0.2) is 31.5 Å². The van der Waals surface area contributed by atoms with Crippen molar-refractivity contribution >= 4 is 34.4 Å². The number of hydrogen-bond donors (Lipinski definition) is 2. The number of hydrogen-bond acceptors (Lipinski definition) is 3. The summed E-state index contributed by atoms with van der Waals surface area (Å²) in [4.78, 5) is 23.7. The van der Waals surface area contributed by atoms with Crippen molar-refractivity contribution in [2.24, 2.45) is 0 Å². The number of rotatable bonds is 7. The lowest BCUT2D eigenvalue weighted by Crippen LogP contribution is -2.38.